The monoisotopic (exact) mass is 418 g/mol. The van der Waals surface area contributed by atoms with Gasteiger partial charge in [0, 0.05) is 32.4 Å². The number of nitrogens with one attached hydrogen (secondary N) is 1. The number of piperidine rings is 1. The zero-order valence-electron chi connectivity index (χ0n) is 14.2. The number of alkyl halides is 3. The summed E-state index contributed by atoms with van der Waals surface area (Å²) < 4.78 is 42.5. The Bertz CT molecular complexity index is 553. The van der Waals surface area contributed by atoms with E-state index in [0.717, 1.165) is 12.3 Å². The molecule has 1 aromatic rings. The molecule has 0 saturated carbocycles. The number of anilines is 1. The van der Waals surface area contributed by atoms with Crippen LogP contribution in [-0.4, -0.2) is 49.8 Å². The van der Waals surface area contributed by atoms with Gasteiger partial charge in [-0.05, 0) is 25.0 Å². The summed E-state index contributed by atoms with van der Waals surface area (Å²) in [7, 11) is 1.47. The molecule has 0 spiro atoms. The zero-order valence-corrected chi connectivity index (χ0v) is 15.8. The molecule has 26 heavy (non-hydrogen) atoms. The second-order valence-corrected chi connectivity index (χ2v) is 5.73. The maximum atomic E-state index is 12.5. The third-order valence-corrected chi connectivity index (χ3v) is 3.92. The number of amides is 1. The van der Waals surface area contributed by atoms with Crippen molar-refractivity contribution in [3.05, 3.63) is 23.9 Å². The molecule has 0 aromatic carbocycles. The summed E-state index contributed by atoms with van der Waals surface area (Å²) in [6.45, 7) is 1.35. The van der Waals surface area contributed by atoms with Crippen molar-refractivity contribution < 1.29 is 22.7 Å². The van der Waals surface area contributed by atoms with Gasteiger partial charge in [0.2, 0.25) is 5.91 Å². The molecule has 1 aliphatic heterocycles. The van der Waals surface area contributed by atoms with Crippen molar-refractivity contribution in [3.8, 4) is 0 Å². The van der Waals surface area contributed by atoms with Crippen LogP contribution in [0.15, 0.2) is 18.3 Å². The molecule has 11 heteroatoms. The number of nitrogens with zero attached hydrogens (tertiary/aromatic N) is 2. The molecule has 6 nitrogen and oxygen atoms in total. The van der Waals surface area contributed by atoms with E-state index in [-0.39, 0.29) is 43.4 Å². The van der Waals surface area contributed by atoms with Crippen LogP contribution in [0.5, 0.6) is 0 Å². The lowest BCUT2D eigenvalue weighted by Crippen LogP contribution is -2.51. The van der Waals surface area contributed by atoms with Gasteiger partial charge in [0.25, 0.3) is 0 Å². The number of hydrogen-bond acceptors (Lipinski definition) is 5. The first-order valence-electron chi connectivity index (χ1n) is 7.64. The second-order valence-electron chi connectivity index (χ2n) is 5.73. The van der Waals surface area contributed by atoms with E-state index in [1.807, 2.05) is 4.90 Å². The van der Waals surface area contributed by atoms with E-state index in [4.69, 9.17) is 10.5 Å². The third-order valence-electron chi connectivity index (χ3n) is 3.92. The molecule has 3 N–H and O–H groups in total. The van der Waals surface area contributed by atoms with Gasteiger partial charge in [-0.15, -0.1) is 24.8 Å². The molecular formula is C15H23Cl2F3N4O2. The Hall–Kier alpha value is -1.29. The van der Waals surface area contributed by atoms with Gasteiger partial charge >= 0.3 is 6.18 Å². The normalized spacial score (nSPS) is 16.3. The van der Waals surface area contributed by atoms with E-state index >= 15 is 0 Å². The van der Waals surface area contributed by atoms with E-state index in [0.29, 0.717) is 31.7 Å². The lowest BCUT2D eigenvalue weighted by atomic mass is 10.0. The number of carbonyl (C=O) groups is 1. The van der Waals surface area contributed by atoms with Crippen LogP contribution < -0.4 is 16.0 Å². The van der Waals surface area contributed by atoms with Crippen LogP contribution in [0, 0.1) is 0 Å². The summed E-state index contributed by atoms with van der Waals surface area (Å²) in [6.07, 6.45) is -2.20. The number of methoxy groups -OCH3 is 1. The summed E-state index contributed by atoms with van der Waals surface area (Å²) in [4.78, 5) is 17.6. The highest BCUT2D eigenvalue weighted by molar-refractivity contribution is 5.85. The lowest BCUT2D eigenvalue weighted by molar-refractivity contribution is -0.137. The van der Waals surface area contributed by atoms with E-state index in [2.05, 4.69) is 10.3 Å². The summed E-state index contributed by atoms with van der Waals surface area (Å²) in [5.74, 6) is 0.242. The predicted molar refractivity (Wildman–Crippen MR) is 97.0 cm³/mol. The molecule has 1 atom stereocenters. The van der Waals surface area contributed by atoms with Crippen molar-refractivity contribution in [1.29, 1.82) is 0 Å². The maximum absolute atomic E-state index is 12.5. The van der Waals surface area contributed by atoms with Crippen molar-refractivity contribution in [2.75, 3.05) is 31.7 Å². The van der Waals surface area contributed by atoms with Crippen LogP contribution >= 0.6 is 24.8 Å². The topological polar surface area (TPSA) is 80.5 Å². The fraction of sp³-hybridized carbons (Fsp3) is 0.600. The number of ether oxygens (including phenoxy) is 1. The molecule has 2 rings (SSSR count). The smallest absolute Gasteiger partial charge is 0.383 e. The molecule has 1 aliphatic rings. The molecule has 1 fully saturated rings. The first kappa shape index (κ1) is 24.7. The maximum Gasteiger partial charge on any atom is 0.417 e. The SMILES string of the molecule is COCC(N)C(=O)NC1CCN(c2ccc(C(F)(F)F)cn2)CC1.Cl.Cl. The molecule has 0 aliphatic carbocycles. The Morgan fingerprint density at radius 2 is 2.00 bits per heavy atom. The number of halogens is 5. The van der Waals surface area contributed by atoms with E-state index in [9.17, 15) is 18.0 Å². The van der Waals surface area contributed by atoms with Crippen molar-refractivity contribution >= 4 is 36.5 Å². The Morgan fingerprint density at radius 1 is 1.38 bits per heavy atom. The van der Waals surface area contributed by atoms with Crippen molar-refractivity contribution in [3.63, 3.8) is 0 Å². The van der Waals surface area contributed by atoms with Gasteiger partial charge in [0.05, 0.1) is 12.2 Å². The summed E-state index contributed by atoms with van der Waals surface area (Å²) in [5, 5.41) is 2.86. The van der Waals surface area contributed by atoms with E-state index in [1.54, 1.807) is 0 Å². The van der Waals surface area contributed by atoms with Gasteiger partial charge in [0.1, 0.15) is 11.9 Å². The first-order valence-corrected chi connectivity index (χ1v) is 7.64. The zero-order chi connectivity index (χ0) is 17.7. The van der Waals surface area contributed by atoms with Crippen molar-refractivity contribution in [1.82, 2.24) is 10.3 Å². The van der Waals surface area contributed by atoms with Crippen LogP contribution in [0.3, 0.4) is 0 Å². The molecule has 2 heterocycles. The minimum absolute atomic E-state index is 0. The molecule has 1 saturated heterocycles. The van der Waals surface area contributed by atoms with Gasteiger partial charge in [-0.3, -0.25) is 4.79 Å². The Balaban J connectivity index is 0.00000312. The quantitative estimate of drug-likeness (QED) is 0.764. The molecule has 1 unspecified atom stereocenters. The van der Waals surface area contributed by atoms with Crippen LogP contribution in [0.4, 0.5) is 19.0 Å². The van der Waals surface area contributed by atoms with E-state index in [1.165, 1.54) is 13.2 Å². The van der Waals surface area contributed by atoms with Crippen LogP contribution in [0.2, 0.25) is 0 Å². The molecule has 1 amide bonds. The number of hydrogen-bond donors (Lipinski definition) is 2. The fourth-order valence-electron chi connectivity index (χ4n) is 2.56. The van der Waals surface area contributed by atoms with Gasteiger partial charge < -0.3 is 20.7 Å². The van der Waals surface area contributed by atoms with E-state index < -0.39 is 17.8 Å². The highest BCUT2D eigenvalue weighted by atomic mass is 35.5. The number of aromatic nitrogens is 1. The minimum atomic E-state index is -4.39. The fourth-order valence-corrected chi connectivity index (χ4v) is 2.56. The molecule has 0 radical (unpaired) electrons. The van der Waals surface area contributed by atoms with Crippen molar-refractivity contribution in [2.45, 2.75) is 31.1 Å². The Morgan fingerprint density at radius 3 is 2.46 bits per heavy atom. The molecule has 0 bridgehead atoms. The third kappa shape index (κ3) is 6.79. The van der Waals surface area contributed by atoms with Gasteiger partial charge in [-0.2, -0.15) is 13.2 Å². The lowest BCUT2D eigenvalue weighted by Gasteiger charge is -2.33. The average molecular weight is 419 g/mol. The van der Waals surface area contributed by atoms with Crippen LogP contribution in [-0.2, 0) is 15.7 Å². The predicted octanol–water partition coefficient (Wildman–Crippen LogP) is 2.00. The standard InChI is InChI=1S/C15H21F3N4O2.2ClH/c1-24-9-12(19)14(23)21-11-4-6-22(7-5-11)13-3-2-10(8-20-13)15(16,17)18;;/h2-3,8,11-12H,4-7,9,19H2,1H3,(H,21,23);2*1H. The van der Waals surface area contributed by atoms with Crippen LogP contribution in [0.25, 0.3) is 0 Å². The van der Waals surface area contributed by atoms with Gasteiger partial charge in [-0.25, -0.2) is 4.98 Å². The summed E-state index contributed by atoms with van der Waals surface area (Å²) in [5.41, 5.74) is 4.90. The molecular weight excluding hydrogens is 396 g/mol. The number of carbonyl (C=O) groups excluding carboxylic acids is 1. The highest BCUT2D eigenvalue weighted by Crippen LogP contribution is 2.29. The largest absolute Gasteiger partial charge is 0.417 e. The average Bonchev–Trinajstić information content (AvgIpc) is 2.55. The number of nitrogens with two attached hydrogens (primary N) is 1. The molecule has 1 aromatic heterocycles. The number of pyridine rings is 1. The summed E-state index contributed by atoms with van der Waals surface area (Å²) in [6, 6.07) is 1.69. The van der Waals surface area contributed by atoms with Gasteiger partial charge in [0.15, 0.2) is 0 Å². The second kappa shape index (κ2) is 10.8. The van der Waals surface area contributed by atoms with Crippen molar-refractivity contribution in [2.24, 2.45) is 5.73 Å². The summed E-state index contributed by atoms with van der Waals surface area (Å²) >= 11 is 0. The Kier molecular flexibility index (Phi) is 10.2. The first-order chi connectivity index (χ1) is 11.3. The van der Waals surface area contributed by atoms with Gasteiger partial charge in [-0.1, -0.05) is 0 Å². The minimum Gasteiger partial charge on any atom is -0.383 e. The Labute approximate surface area is 162 Å². The van der Waals surface area contributed by atoms with Crippen LogP contribution in [0.1, 0.15) is 18.4 Å². The highest BCUT2D eigenvalue weighted by Gasteiger charge is 2.31. The molecule has 150 valence electrons. The number of rotatable bonds is 5.